The molecule has 1 amide bonds. The van der Waals surface area contributed by atoms with Crippen molar-refractivity contribution in [2.45, 2.75) is 13.3 Å². The van der Waals surface area contributed by atoms with E-state index in [0.29, 0.717) is 17.8 Å². The minimum Gasteiger partial charge on any atom is -0.349 e. The van der Waals surface area contributed by atoms with Gasteiger partial charge in [-0.1, -0.05) is 19.1 Å². The Balaban J connectivity index is 2.29. The van der Waals surface area contributed by atoms with E-state index in [2.05, 4.69) is 18.3 Å². The number of aryl methyl sites for hydroxylation is 1. The van der Waals surface area contributed by atoms with Crippen LogP contribution in [-0.2, 0) is 6.42 Å². The van der Waals surface area contributed by atoms with Crippen LogP contribution >= 0.6 is 0 Å². The van der Waals surface area contributed by atoms with Gasteiger partial charge in [-0.25, -0.2) is 0 Å². The molecule has 0 saturated carbocycles. The molecule has 0 fully saturated rings. The van der Waals surface area contributed by atoms with Crippen molar-refractivity contribution in [1.82, 2.24) is 14.8 Å². The summed E-state index contributed by atoms with van der Waals surface area (Å²) in [5, 5.41) is 12.1. The summed E-state index contributed by atoms with van der Waals surface area (Å²) in [6.45, 7) is 3.39. The van der Waals surface area contributed by atoms with E-state index in [1.165, 1.54) is 5.56 Å². The molecular formula is C18H22N4O. The Morgan fingerprint density at radius 3 is 2.52 bits per heavy atom. The lowest BCUT2D eigenvalue weighted by molar-refractivity contribution is 0.0944. The van der Waals surface area contributed by atoms with Crippen LogP contribution in [0, 0.1) is 11.3 Å². The van der Waals surface area contributed by atoms with Crippen LogP contribution in [0.2, 0.25) is 0 Å². The first-order valence-corrected chi connectivity index (χ1v) is 7.70. The third-order valence-electron chi connectivity index (χ3n) is 3.69. The third kappa shape index (κ3) is 3.99. The van der Waals surface area contributed by atoms with Crippen LogP contribution in [0.4, 0.5) is 0 Å². The van der Waals surface area contributed by atoms with E-state index < -0.39 is 0 Å². The van der Waals surface area contributed by atoms with E-state index in [9.17, 15) is 10.1 Å². The van der Waals surface area contributed by atoms with E-state index in [1.54, 1.807) is 16.8 Å². The van der Waals surface area contributed by atoms with E-state index in [0.717, 1.165) is 18.7 Å². The second kappa shape index (κ2) is 7.61. The molecule has 5 heteroatoms. The Morgan fingerprint density at radius 1 is 1.26 bits per heavy atom. The van der Waals surface area contributed by atoms with Crippen LogP contribution in [0.15, 0.2) is 36.5 Å². The molecular weight excluding hydrogens is 288 g/mol. The predicted molar refractivity (Wildman–Crippen MR) is 90.7 cm³/mol. The fourth-order valence-electron chi connectivity index (χ4n) is 2.34. The van der Waals surface area contributed by atoms with Gasteiger partial charge in [0.15, 0.2) is 0 Å². The minimum atomic E-state index is -0.229. The summed E-state index contributed by atoms with van der Waals surface area (Å²) in [4.78, 5) is 14.5. The number of rotatable bonds is 6. The van der Waals surface area contributed by atoms with Crippen molar-refractivity contribution in [3.8, 4) is 11.8 Å². The van der Waals surface area contributed by atoms with Crippen molar-refractivity contribution in [2.75, 3.05) is 27.2 Å². The predicted octanol–water partition coefficient (Wildman–Crippen LogP) is 2.20. The van der Waals surface area contributed by atoms with Crippen molar-refractivity contribution in [3.63, 3.8) is 0 Å². The van der Waals surface area contributed by atoms with E-state index >= 15 is 0 Å². The monoisotopic (exact) mass is 310 g/mol. The van der Waals surface area contributed by atoms with E-state index in [-0.39, 0.29) is 5.91 Å². The Labute approximate surface area is 137 Å². The summed E-state index contributed by atoms with van der Waals surface area (Å²) in [5.41, 5.74) is 2.88. The standard InChI is InChI=1S/C18H22N4O/c1-4-14-5-7-16(8-6-14)22-11-9-15(13-19)17(22)18(23)20-10-12-21(2)3/h5-9,11H,4,10,12H2,1-3H3,(H,20,23). The van der Waals surface area contributed by atoms with Gasteiger partial charge in [0.1, 0.15) is 11.8 Å². The van der Waals surface area contributed by atoms with Crippen molar-refractivity contribution in [3.05, 3.63) is 53.3 Å². The molecule has 0 bridgehead atoms. The van der Waals surface area contributed by atoms with Crippen molar-refractivity contribution in [1.29, 1.82) is 5.26 Å². The summed E-state index contributed by atoms with van der Waals surface area (Å²) in [7, 11) is 3.90. The lowest BCUT2D eigenvalue weighted by atomic mass is 10.1. The molecule has 5 nitrogen and oxygen atoms in total. The molecule has 1 aromatic heterocycles. The molecule has 0 aliphatic rings. The summed E-state index contributed by atoms with van der Waals surface area (Å²) in [5.74, 6) is -0.229. The summed E-state index contributed by atoms with van der Waals surface area (Å²) in [6.07, 6.45) is 2.73. The molecule has 0 spiro atoms. The smallest absolute Gasteiger partial charge is 0.269 e. The number of carbonyl (C=O) groups excluding carboxylic acids is 1. The zero-order chi connectivity index (χ0) is 16.8. The topological polar surface area (TPSA) is 61.1 Å². The molecule has 0 unspecified atom stereocenters. The first-order valence-electron chi connectivity index (χ1n) is 7.70. The quantitative estimate of drug-likeness (QED) is 0.890. The Morgan fingerprint density at radius 2 is 1.96 bits per heavy atom. The number of amides is 1. The molecule has 1 aromatic carbocycles. The maximum absolute atomic E-state index is 12.5. The minimum absolute atomic E-state index is 0.229. The summed E-state index contributed by atoms with van der Waals surface area (Å²) >= 11 is 0. The first kappa shape index (κ1) is 16.8. The molecule has 0 aliphatic carbocycles. The zero-order valence-corrected chi connectivity index (χ0v) is 13.8. The van der Waals surface area contributed by atoms with Crippen LogP contribution in [0.5, 0.6) is 0 Å². The number of hydrogen-bond acceptors (Lipinski definition) is 3. The molecule has 0 atom stereocenters. The van der Waals surface area contributed by atoms with Crippen LogP contribution in [-0.4, -0.2) is 42.6 Å². The van der Waals surface area contributed by atoms with Gasteiger partial charge in [0.2, 0.25) is 0 Å². The Bertz CT molecular complexity index is 708. The van der Waals surface area contributed by atoms with Gasteiger partial charge in [0.25, 0.3) is 5.91 Å². The van der Waals surface area contributed by atoms with Gasteiger partial charge in [-0.2, -0.15) is 5.26 Å². The largest absolute Gasteiger partial charge is 0.349 e. The summed E-state index contributed by atoms with van der Waals surface area (Å²) in [6, 6.07) is 11.8. The highest BCUT2D eigenvalue weighted by atomic mass is 16.1. The number of carbonyl (C=O) groups is 1. The highest BCUT2D eigenvalue weighted by Gasteiger charge is 2.17. The first-order chi connectivity index (χ1) is 11.1. The molecule has 0 radical (unpaired) electrons. The molecule has 23 heavy (non-hydrogen) atoms. The fraction of sp³-hybridized carbons (Fsp3) is 0.333. The van der Waals surface area contributed by atoms with Gasteiger partial charge in [-0.3, -0.25) is 4.79 Å². The van der Waals surface area contributed by atoms with E-state index in [4.69, 9.17) is 0 Å². The maximum Gasteiger partial charge on any atom is 0.269 e. The molecule has 1 N–H and O–H groups in total. The van der Waals surface area contributed by atoms with E-state index in [1.807, 2.05) is 43.3 Å². The highest BCUT2D eigenvalue weighted by Crippen LogP contribution is 2.18. The average Bonchev–Trinajstić information content (AvgIpc) is 2.98. The lowest BCUT2D eigenvalue weighted by Gasteiger charge is -2.13. The molecule has 0 aliphatic heterocycles. The Hall–Kier alpha value is -2.58. The molecule has 0 saturated heterocycles. The number of likely N-dealkylation sites (N-methyl/N-ethyl adjacent to an activating group) is 1. The van der Waals surface area contributed by atoms with Gasteiger partial charge in [-0.05, 0) is 44.3 Å². The van der Waals surface area contributed by atoms with Crippen LogP contribution in [0.25, 0.3) is 5.69 Å². The lowest BCUT2D eigenvalue weighted by Crippen LogP contribution is -2.32. The number of nitriles is 1. The molecule has 2 rings (SSSR count). The van der Waals surface area contributed by atoms with Crippen LogP contribution in [0.3, 0.4) is 0 Å². The maximum atomic E-state index is 12.5. The number of hydrogen-bond donors (Lipinski definition) is 1. The molecule has 1 heterocycles. The highest BCUT2D eigenvalue weighted by molar-refractivity contribution is 5.95. The number of nitrogens with zero attached hydrogens (tertiary/aromatic N) is 3. The number of aromatic nitrogens is 1. The van der Waals surface area contributed by atoms with Gasteiger partial charge < -0.3 is 14.8 Å². The molecule has 2 aromatic rings. The zero-order valence-electron chi connectivity index (χ0n) is 13.8. The van der Waals surface area contributed by atoms with Gasteiger partial charge in [-0.15, -0.1) is 0 Å². The number of benzene rings is 1. The number of nitrogens with one attached hydrogen (secondary N) is 1. The van der Waals surface area contributed by atoms with Gasteiger partial charge in [0, 0.05) is 25.0 Å². The fourth-order valence-corrected chi connectivity index (χ4v) is 2.34. The SMILES string of the molecule is CCc1ccc(-n2ccc(C#N)c2C(=O)NCCN(C)C)cc1. The normalized spacial score (nSPS) is 10.6. The van der Waals surface area contributed by atoms with Crippen molar-refractivity contribution >= 4 is 5.91 Å². The Kier molecular flexibility index (Phi) is 5.56. The average molecular weight is 310 g/mol. The van der Waals surface area contributed by atoms with Crippen LogP contribution < -0.4 is 5.32 Å². The van der Waals surface area contributed by atoms with Crippen LogP contribution in [0.1, 0.15) is 28.5 Å². The van der Waals surface area contributed by atoms with Crippen molar-refractivity contribution < 1.29 is 4.79 Å². The van der Waals surface area contributed by atoms with Crippen molar-refractivity contribution in [2.24, 2.45) is 0 Å². The van der Waals surface area contributed by atoms with Gasteiger partial charge in [0.05, 0.1) is 5.56 Å². The molecule has 120 valence electrons. The third-order valence-corrected chi connectivity index (χ3v) is 3.69. The second-order valence-electron chi connectivity index (χ2n) is 5.64. The summed E-state index contributed by atoms with van der Waals surface area (Å²) < 4.78 is 1.77. The second-order valence-corrected chi connectivity index (χ2v) is 5.64. The van der Waals surface area contributed by atoms with Gasteiger partial charge >= 0.3 is 0 Å².